The van der Waals surface area contributed by atoms with Gasteiger partial charge in [0, 0.05) is 18.1 Å². The van der Waals surface area contributed by atoms with Gasteiger partial charge in [-0.3, -0.25) is 4.57 Å². The summed E-state index contributed by atoms with van der Waals surface area (Å²) in [6.07, 6.45) is 2.22. The van der Waals surface area contributed by atoms with Crippen LogP contribution in [0.15, 0.2) is 12.1 Å². The summed E-state index contributed by atoms with van der Waals surface area (Å²) < 4.78 is 17.9. The van der Waals surface area contributed by atoms with Crippen LogP contribution in [-0.4, -0.2) is 36.1 Å². The zero-order chi connectivity index (χ0) is 15.0. The Morgan fingerprint density at radius 1 is 1.05 bits per heavy atom. The lowest BCUT2D eigenvalue weighted by molar-refractivity contribution is 0.324. The normalized spacial score (nSPS) is 14.1. The van der Waals surface area contributed by atoms with E-state index in [1.54, 1.807) is 21.3 Å². The summed E-state index contributed by atoms with van der Waals surface area (Å²) in [5, 5.41) is 8.47. The highest BCUT2D eigenvalue weighted by Gasteiger charge is 2.31. The molecule has 1 saturated carbocycles. The van der Waals surface area contributed by atoms with Crippen LogP contribution in [0.25, 0.3) is 5.69 Å². The maximum Gasteiger partial charge on any atom is 0.229 e. The second kappa shape index (κ2) is 5.44. The van der Waals surface area contributed by atoms with Gasteiger partial charge in [-0.15, -0.1) is 10.2 Å². The molecule has 1 aliphatic rings. The first kappa shape index (κ1) is 14.0. The first-order valence-electron chi connectivity index (χ1n) is 6.60. The van der Waals surface area contributed by atoms with E-state index < -0.39 is 0 Å². The number of halogens is 1. The van der Waals surface area contributed by atoms with Gasteiger partial charge >= 0.3 is 0 Å². The van der Waals surface area contributed by atoms with Crippen molar-refractivity contribution in [2.45, 2.75) is 18.8 Å². The molecular weight excluding hydrogens is 294 g/mol. The van der Waals surface area contributed by atoms with Crippen molar-refractivity contribution in [3.05, 3.63) is 23.2 Å². The quantitative estimate of drug-likeness (QED) is 0.850. The SMILES string of the molecule is COc1cc(-n2c(Cl)nnc2C2CC2)cc(OC)c1OC. The summed E-state index contributed by atoms with van der Waals surface area (Å²) in [5.41, 5.74) is 0.793. The number of methoxy groups -OCH3 is 3. The van der Waals surface area contributed by atoms with E-state index in [1.165, 1.54) is 0 Å². The van der Waals surface area contributed by atoms with E-state index in [1.807, 2.05) is 16.7 Å². The largest absolute Gasteiger partial charge is 0.493 e. The maximum atomic E-state index is 6.19. The predicted molar refractivity (Wildman–Crippen MR) is 78.0 cm³/mol. The molecule has 7 heteroatoms. The first-order valence-corrected chi connectivity index (χ1v) is 6.98. The van der Waals surface area contributed by atoms with Gasteiger partial charge in [-0.25, -0.2) is 0 Å². The van der Waals surface area contributed by atoms with E-state index >= 15 is 0 Å². The minimum Gasteiger partial charge on any atom is -0.493 e. The van der Waals surface area contributed by atoms with Gasteiger partial charge in [-0.1, -0.05) is 0 Å². The number of hydrogen-bond donors (Lipinski definition) is 0. The first-order chi connectivity index (χ1) is 10.2. The summed E-state index contributed by atoms with van der Waals surface area (Å²) in [6, 6.07) is 3.67. The van der Waals surface area contributed by atoms with Crippen LogP contribution in [0.2, 0.25) is 5.28 Å². The summed E-state index contributed by atoms with van der Waals surface area (Å²) >= 11 is 6.19. The maximum absolute atomic E-state index is 6.19. The molecule has 0 unspecified atom stereocenters. The monoisotopic (exact) mass is 309 g/mol. The topological polar surface area (TPSA) is 58.4 Å². The molecule has 1 fully saturated rings. The third kappa shape index (κ3) is 2.40. The minimum absolute atomic E-state index is 0.325. The molecule has 1 heterocycles. The highest BCUT2D eigenvalue weighted by molar-refractivity contribution is 6.28. The van der Waals surface area contributed by atoms with Gasteiger partial charge in [0.1, 0.15) is 5.82 Å². The Bertz CT molecular complexity index is 642. The van der Waals surface area contributed by atoms with Gasteiger partial charge < -0.3 is 14.2 Å². The number of benzene rings is 1. The second-order valence-electron chi connectivity index (χ2n) is 4.82. The molecular formula is C14H16ClN3O3. The summed E-state index contributed by atoms with van der Waals surface area (Å²) in [7, 11) is 4.73. The Morgan fingerprint density at radius 3 is 2.14 bits per heavy atom. The third-order valence-electron chi connectivity index (χ3n) is 3.50. The van der Waals surface area contributed by atoms with Gasteiger partial charge in [-0.2, -0.15) is 0 Å². The van der Waals surface area contributed by atoms with Crippen LogP contribution in [0.4, 0.5) is 0 Å². The van der Waals surface area contributed by atoms with E-state index in [0.29, 0.717) is 28.5 Å². The van der Waals surface area contributed by atoms with Crippen molar-refractivity contribution < 1.29 is 14.2 Å². The fraction of sp³-hybridized carbons (Fsp3) is 0.429. The molecule has 6 nitrogen and oxygen atoms in total. The Hall–Kier alpha value is -1.95. The van der Waals surface area contributed by atoms with Crippen molar-refractivity contribution in [1.29, 1.82) is 0 Å². The average molecular weight is 310 g/mol. The fourth-order valence-electron chi connectivity index (χ4n) is 2.32. The predicted octanol–water partition coefficient (Wildman–Crippen LogP) is 2.82. The molecule has 1 aliphatic carbocycles. The minimum atomic E-state index is 0.325. The molecule has 0 bridgehead atoms. The highest BCUT2D eigenvalue weighted by atomic mass is 35.5. The van der Waals surface area contributed by atoms with Crippen molar-refractivity contribution in [3.8, 4) is 22.9 Å². The number of nitrogens with zero attached hydrogens (tertiary/aromatic N) is 3. The number of ether oxygens (including phenoxy) is 3. The van der Waals surface area contributed by atoms with Gasteiger partial charge in [0.2, 0.25) is 11.0 Å². The zero-order valence-corrected chi connectivity index (χ0v) is 12.8. The van der Waals surface area contributed by atoms with Gasteiger partial charge in [0.25, 0.3) is 0 Å². The molecule has 1 aromatic heterocycles. The van der Waals surface area contributed by atoms with Crippen LogP contribution in [0.3, 0.4) is 0 Å². The van der Waals surface area contributed by atoms with Crippen LogP contribution in [0.5, 0.6) is 17.2 Å². The molecule has 112 valence electrons. The van der Waals surface area contributed by atoms with Crippen molar-refractivity contribution in [3.63, 3.8) is 0 Å². The van der Waals surface area contributed by atoms with E-state index in [0.717, 1.165) is 24.4 Å². The lowest BCUT2D eigenvalue weighted by atomic mass is 10.2. The second-order valence-corrected chi connectivity index (χ2v) is 5.16. The molecule has 0 saturated heterocycles. The average Bonchev–Trinajstić information content (AvgIpc) is 3.28. The molecule has 2 aromatic rings. The van der Waals surface area contributed by atoms with Crippen molar-refractivity contribution in [2.75, 3.05) is 21.3 Å². The molecule has 0 amide bonds. The Balaban J connectivity index is 2.16. The van der Waals surface area contributed by atoms with E-state index in [2.05, 4.69) is 10.2 Å². The van der Waals surface area contributed by atoms with Crippen LogP contribution in [0, 0.1) is 0 Å². The van der Waals surface area contributed by atoms with E-state index in [9.17, 15) is 0 Å². The van der Waals surface area contributed by atoms with Crippen molar-refractivity contribution in [1.82, 2.24) is 14.8 Å². The molecule has 3 rings (SSSR count). The third-order valence-corrected chi connectivity index (χ3v) is 3.74. The highest BCUT2D eigenvalue weighted by Crippen LogP contribution is 2.43. The smallest absolute Gasteiger partial charge is 0.229 e. The fourth-order valence-corrected chi connectivity index (χ4v) is 2.54. The lowest BCUT2D eigenvalue weighted by Gasteiger charge is -2.15. The van der Waals surface area contributed by atoms with Crippen molar-refractivity contribution in [2.24, 2.45) is 0 Å². The molecule has 0 aliphatic heterocycles. The van der Waals surface area contributed by atoms with Gasteiger partial charge in [-0.05, 0) is 24.4 Å². The lowest BCUT2D eigenvalue weighted by Crippen LogP contribution is -2.03. The van der Waals surface area contributed by atoms with Crippen molar-refractivity contribution >= 4 is 11.6 Å². The summed E-state index contributed by atoms with van der Waals surface area (Å²) in [4.78, 5) is 0. The molecule has 0 N–H and O–H groups in total. The molecule has 0 atom stereocenters. The van der Waals surface area contributed by atoms with Gasteiger partial charge in [0.15, 0.2) is 11.5 Å². The van der Waals surface area contributed by atoms with Crippen LogP contribution < -0.4 is 14.2 Å². The van der Waals surface area contributed by atoms with Crippen LogP contribution in [-0.2, 0) is 0 Å². The Labute approximate surface area is 127 Å². The molecule has 0 spiro atoms. The zero-order valence-electron chi connectivity index (χ0n) is 12.1. The summed E-state index contributed by atoms with van der Waals surface area (Å²) in [6.45, 7) is 0. The number of aromatic nitrogens is 3. The van der Waals surface area contributed by atoms with Gasteiger partial charge in [0.05, 0.1) is 27.0 Å². The Morgan fingerprint density at radius 2 is 1.67 bits per heavy atom. The number of hydrogen-bond acceptors (Lipinski definition) is 5. The summed E-state index contributed by atoms with van der Waals surface area (Å²) in [5.74, 6) is 2.97. The van der Waals surface area contributed by atoms with E-state index in [4.69, 9.17) is 25.8 Å². The Kier molecular flexibility index (Phi) is 3.63. The number of rotatable bonds is 5. The molecule has 1 aromatic carbocycles. The standard InChI is InChI=1S/C14H16ClN3O3/c1-19-10-6-9(7-11(20-2)12(10)21-3)18-13(8-4-5-8)16-17-14(18)15/h6-8H,4-5H2,1-3H3. The van der Waals surface area contributed by atoms with Crippen LogP contribution in [0.1, 0.15) is 24.6 Å². The van der Waals surface area contributed by atoms with Crippen LogP contribution >= 0.6 is 11.6 Å². The molecule has 0 radical (unpaired) electrons. The molecule has 21 heavy (non-hydrogen) atoms. The van der Waals surface area contributed by atoms with E-state index in [-0.39, 0.29) is 0 Å².